The van der Waals surface area contributed by atoms with Gasteiger partial charge in [-0.2, -0.15) is 0 Å². The zero-order valence-electron chi connectivity index (χ0n) is 15.7. The van der Waals surface area contributed by atoms with E-state index >= 15 is 0 Å². The molecule has 4 heteroatoms. The van der Waals surface area contributed by atoms with Gasteiger partial charge in [0.15, 0.2) is 0 Å². The summed E-state index contributed by atoms with van der Waals surface area (Å²) in [7, 11) is 0. The third kappa shape index (κ3) is 10.4. The highest BCUT2D eigenvalue weighted by molar-refractivity contribution is 6.33. The average Bonchev–Trinajstić information content (AvgIpc) is 2.61. The van der Waals surface area contributed by atoms with Crippen LogP contribution in [0.4, 0.5) is 5.69 Å². The molecule has 0 bridgehead atoms. The maximum atomic E-state index is 12.0. The first-order valence-corrected chi connectivity index (χ1v) is 10.3. The van der Waals surface area contributed by atoms with Crippen LogP contribution in [0.25, 0.3) is 0 Å². The number of carbonyl (C=O) groups excluding carboxylic acids is 1. The second-order valence-corrected chi connectivity index (χ2v) is 7.25. The summed E-state index contributed by atoms with van der Waals surface area (Å²) in [5.41, 5.74) is 8.32. The van der Waals surface area contributed by atoms with E-state index in [4.69, 9.17) is 17.3 Å². The normalized spacial score (nSPS) is 10.8. The molecule has 1 rings (SSSR count). The van der Waals surface area contributed by atoms with E-state index < -0.39 is 0 Å². The van der Waals surface area contributed by atoms with Crippen LogP contribution in [-0.4, -0.2) is 12.5 Å². The Hall–Kier alpha value is -1.22. The average molecular weight is 366 g/mol. The zero-order chi connectivity index (χ0) is 18.3. The molecule has 0 unspecified atom stereocenters. The van der Waals surface area contributed by atoms with E-state index in [0.29, 0.717) is 17.1 Å². The molecule has 0 spiro atoms. The molecule has 0 heterocycles. The van der Waals surface area contributed by atoms with E-state index in [1.807, 2.05) is 0 Å². The fourth-order valence-electron chi connectivity index (χ4n) is 2.94. The summed E-state index contributed by atoms with van der Waals surface area (Å²) in [6, 6.07) is 4.78. The molecule has 1 radical (unpaired) electrons. The molecule has 0 aromatic heterocycles. The maximum Gasteiger partial charge on any atom is 0.251 e. The highest BCUT2D eigenvalue weighted by atomic mass is 35.5. The number of benzene rings is 1. The molecule has 0 aliphatic carbocycles. The van der Waals surface area contributed by atoms with Crippen molar-refractivity contribution in [1.82, 2.24) is 11.1 Å². The third-order valence-corrected chi connectivity index (χ3v) is 4.87. The maximum absolute atomic E-state index is 12.0. The largest absolute Gasteiger partial charge is 0.352 e. The van der Waals surface area contributed by atoms with E-state index in [1.54, 1.807) is 12.1 Å². The molecule has 2 N–H and O–H groups in total. The lowest BCUT2D eigenvalue weighted by molar-refractivity contribution is 0.0953. The van der Waals surface area contributed by atoms with Gasteiger partial charge < -0.3 is 5.32 Å². The Morgan fingerprint density at radius 1 is 0.920 bits per heavy atom. The number of halogens is 1. The van der Waals surface area contributed by atoms with Gasteiger partial charge in [0.25, 0.3) is 5.91 Å². The van der Waals surface area contributed by atoms with Crippen molar-refractivity contribution in [3.05, 3.63) is 28.8 Å². The van der Waals surface area contributed by atoms with Gasteiger partial charge in [-0.25, -0.2) is 0 Å². The molecule has 0 atom stereocenters. The first-order valence-electron chi connectivity index (χ1n) is 9.94. The molecule has 0 fully saturated rings. The van der Waals surface area contributed by atoms with E-state index in [9.17, 15) is 4.79 Å². The second kappa shape index (κ2) is 14.0. The highest BCUT2D eigenvalue weighted by Gasteiger charge is 2.07. The van der Waals surface area contributed by atoms with Gasteiger partial charge in [0.1, 0.15) is 0 Å². The summed E-state index contributed by atoms with van der Waals surface area (Å²) >= 11 is 5.80. The Morgan fingerprint density at radius 3 is 1.96 bits per heavy atom. The van der Waals surface area contributed by atoms with E-state index in [1.165, 1.54) is 76.7 Å². The Kier molecular flexibility index (Phi) is 12.2. The van der Waals surface area contributed by atoms with Gasteiger partial charge in [-0.3, -0.25) is 10.5 Å². The monoisotopic (exact) mass is 365 g/mol. The Labute approximate surface area is 158 Å². The van der Waals surface area contributed by atoms with Crippen molar-refractivity contribution in [2.24, 2.45) is 0 Å². The first-order chi connectivity index (χ1) is 12.1. The van der Waals surface area contributed by atoms with E-state index in [2.05, 4.69) is 12.2 Å². The fraction of sp³-hybridized carbons (Fsp3) is 0.667. The number of carbonyl (C=O) groups is 1. The lowest BCUT2D eigenvalue weighted by atomic mass is 10.1. The third-order valence-electron chi connectivity index (χ3n) is 4.54. The van der Waals surface area contributed by atoms with E-state index in [0.717, 1.165) is 6.42 Å². The molecule has 0 saturated carbocycles. The van der Waals surface area contributed by atoms with Crippen LogP contribution < -0.4 is 11.1 Å². The fourth-order valence-corrected chi connectivity index (χ4v) is 3.05. The van der Waals surface area contributed by atoms with Crippen LogP contribution in [0.3, 0.4) is 0 Å². The van der Waals surface area contributed by atoms with Crippen molar-refractivity contribution in [3.63, 3.8) is 0 Å². The van der Waals surface area contributed by atoms with Crippen LogP contribution in [-0.2, 0) is 0 Å². The Bertz CT molecular complexity index is 491. The highest BCUT2D eigenvalue weighted by Crippen LogP contribution is 2.20. The summed E-state index contributed by atoms with van der Waals surface area (Å²) in [5, 5.41) is 3.29. The van der Waals surface area contributed by atoms with Gasteiger partial charge in [0.05, 0.1) is 10.7 Å². The topological polar surface area (TPSA) is 52.9 Å². The summed E-state index contributed by atoms with van der Waals surface area (Å²) in [6.45, 7) is 2.96. The molecule has 1 aromatic carbocycles. The van der Waals surface area contributed by atoms with Crippen molar-refractivity contribution in [3.8, 4) is 0 Å². The quantitative estimate of drug-likeness (QED) is 0.367. The standard InChI is InChI=1S/C21H34ClN2O/c1-2-3-4-5-6-7-8-9-10-11-12-13-16-24-21(25)18-14-15-19(22)20(23)17-18/h14-15,17,23H,2-13,16H2,1H3,(H,24,25). The van der Waals surface area contributed by atoms with Gasteiger partial charge in [-0.1, -0.05) is 89.2 Å². The molecule has 1 amide bonds. The molecule has 1 aromatic rings. The first kappa shape index (κ1) is 21.8. The van der Waals surface area contributed by atoms with Crippen molar-refractivity contribution in [1.29, 1.82) is 0 Å². The van der Waals surface area contributed by atoms with Crippen LogP contribution in [0.1, 0.15) is 94.3 Å². The lowest BCUT2D eigenvalue weighted by Crippen LogP contribution is -2.24. The summed E-state index contributed by atoms with van der Waals surface area (Å²) in [5.74, 6) is -0.117. The van der Waals surface area contributed by atoms with E-state index in [-0.39, 0.29) is 11.6 Å². The number of amides is 1. The number of hydrogen-bond donors (Lipinski definition) is 1. The molecule has 25 heavy (non-hydrogen) atoms. The minimum Gasteiger partial charge on any atom is -0.352 e. The Balaban J connectivity index is 1.93. The minimum absolute atomic E-state index is 0.117. The van der Waals surface area contributed by atoms with Gasteiger partial charge in [0.2, 0.25) is 0 Å². The van der Waals surface area contributed by atoms with Crippen molar-refractivity contribution in [2.45, 2.75) is 84.0 Å². The van der Waals surface area contributed by atoms with Gasteiger partial charge >= 0.3 is 0 Å². The van der Waals surface area contributed by atoms with Crippen LogP contribution in [0, 0.1) is 0 Å². The number of unbranched alkanes of at least 4 members (excludes halogenated alkanes) is 11. The van der Waals surface area contributed by atoms with Crippen LogP contribution in [0.5, 0.6) is 0 Å². The number of nitrogens with one attached hydrogen (secondary N) is 2. The van der Waals surface area contributed by atoms with Crippen LogP contribution >= 0.6 is 11.6 Å². The molecule has 0 saturated heterocycles. The minimum atomic E-state index is -0.117. The van der Waals surface area contributed by atoms with Crippen molar-refractivity contribution < 1.29 is 4.79 Å². The number of hydrogen-bond acceptors (Lipinski definition) is 1. The van der Waals surface area contributed by atoms with Crippen LogP contribution in [0.2, 0.25) is 5.02 Å². The Morgan fingerprint density at radius 2 is 1.44 bits per heavy atom. The molecular formula is C21H34ClN2O. The number of rotatable bonds is 14. The molecule has 0 aliphatic rings. The predicted molar refractivity (Wildman–Crippen MR) is 108 cm³/mol. The SMILES string of the molecule is CCCCCCCCCCCCCCNC(=O)c1ccc(Cl)c([NH])c1. The summed E-state index contributed by atoms with van der Waals surface area (Å²) < 4.78 is 0. The van der Waals surface area contributed by atoms with Crippen molar-refractivity contribution in [2.75, 3.05) is 6.54 Å². The summed E-state index contributed by atoms with van der Waals surface area (Å²) in [4.78, 5) is 12.0. The van der Waals surface area contributed by atoms with Gasteiger partial charge in [0, 0.05) is 12.1 Å². The molecule has 141 valence electrons. The molecule has 0 aliphatic heterocycles. The smallest absolute Gasteiger partial charge is 0.251 e. The summed E-state index contributed by atoms with van der Waals surface area (Å²) in [6.07, 6.45) is 15.8. The van der Waals surface area contributed by atoms with Crippen molar-refractivity contribution >= 4 is 23.2 Å². The predicted octanol–water partition coefficient (Wildman–Crippen LogP) is 6.69. The van der Waals surface area contributed by atoms with Gasteiger partial charge in [-0.05, 0) is 24.6 Å². The van der Waals surface area contributed by atoms with Gasteiger partial charge in [-0.15, -0.1) is 0 Å². The molecular weight excluding hydrogens is 332 g/mol. The lowest BCUT2D eigenvalue weighted by Gasteiger charge is -2.06. The van der Waals surface area contributed by atoms with Crippen LogP contribution in [0.15, 0.2) is 18.2 Å². The second-order valence-electron chi connectivity index (χ2n) is 6.84. The zero-order valence-corrected chi connectivity index (χ0v) is 16.5. The molecule has 3 nitrogen and oxygen atoms in total.